The number of pyridine rings is 1. The first-order valence-corrected chi connectivity index (χ1v) is 16.5. The van der Waals surface area contributed by atoms with Crippen LogP contribution in [0.2, 0.25) is 0 Å². The number of hydrogen-bond acceptors (Lipinski definition) is 9. The van der Waals surface area contributed by atoms with Crippen LogP contribution in [-0.4, -0.2) is 68.1 Å². The maximum Gasteiger partial charge on any atom is 0.323 e. The molecule has 3 aliphatic rings. The van der Waals surface area contributed by atoms with Crippen molar-refractivity contribution < 1.29 is 9.53 Å². The molecule has 2 aliphatic heterocycles. The number of benzene rings is 1. The number of anilines is 3. The number of urea groups is 1. The number of carbonyl (C=O) groups is 1. The SMILES string of the molecule is Cn1cc(-c2ccc(N(C(=O)NCc3ccccc3)[C@H]3CC[C@H](Nc4ncc(C#N)c(N5CCC6(CCO6)CC5)n4)CC3)nc2)cn1. The molecule has 0 unspecified atom stereocenters. The van der Waals surface area contributed by atoms with E-state index in [0.29, 0.717) is 29.7 Å². The number of nitrogens with one attached hydrogen (secondary N) is 2. The summed E-state index contributed by atoms with van der Waals surface area (Å²) in [6.45, 7) is 2.91. The van der Waals surface area contributed by atoms with Gasteiger partial charge >= 0.3 is 6.03 Å². The van der Waals surface area contributed by atoms with Gasteiger partial charge in [0, 0.05) is 62.3 Å². The van der Waals surface area contributed by atoms with Gasteiger partial charge in [0.05, 0.1) is 24.6 Å². The van der Waals surface area contributed by atoms with Crippen LogP contribution in [-0.2, 0) is 18.3 Å². The van der Waals surface area contributed by atoms with Crippen LogP contribution in [0.1, 0.15) is 56.1 Å². The highest BCUT2D eigenvalue weighted by Gasteiger charge is 2.41. The summed E-state index contributed by atoms with van der Waals surface area (Å²) in [6.07, 6.45) is 13.5. The molecule has 1 aromatic carbocycles. The second kappa shape index (κ2) is 13.4. The van der Waals surface area contributed by atoms with Crippen LogP contribution in [0.15, 0.2) is 67.3 Å². The average molecular weight is 633 g/mol. The highest BCUT2D eigenvalue weighted by Crippen LogP contribution is 2.38. The van der Waals surface area contributed by atoms with Crippen LogP contribution in [0.5, 0.6) is 0 Å². The molecule has 12 nitrogen and oxygen atoms in total. The van der Waals surface area contributed by atoms with Gasteiger partial charge in [-0.3, -0.25) is 9.58 Å². The second-order valence-electron chi connectivity index (χ2n) is 12.8. The molecule has 1 saturated carbocycles. The van der Waals surface area contributed by atoms with E-state index in [1.165, 1.54) is 0 Å². The number of amides is 2. The van der Waals surface area contributed by atoms with E-state index in [1.54, 1.807) is 17.1 Å². The summed E-state index contributed by atoms with van der Waals surface area (Å²) >= 11 is 0. The zero-order valence-corrected chi connectivity index (χ0v) is 26.7. The number of nitrogens with zero attached hydrogens (tertiary/aromatic N) is 8. The molecule has 1 spiro atoms. The maximum atomic E-state index is 13.7. The molecular formula is C35H40N10O2. The molecule has 242 valence electrons. The van der Waals surface area contributed by atoms with Crippen molar-refractivity contribution in [1.29, 1.82) is 5.26 Å². The third kappa shape index (κ3) is 6.76. The Morgan fingerprint density at radius 3 is 2.45 bits per heavy atom. The molecule has 47 heavy (non-hydrogen) atoms. The van der Waals surface area contributed by atoms with Gasteiger partial charge in [0.15, 0.2) is 5.82 Å². The molecule has 0 bridgehead atoms. The molecule has 12 heteroatoms. The number of hydrogen-bond donors (Lipinski definition) is 2. The van der Waals surface area contributed by atoms with Crippen molar-refractivity contribution in [2.24, 2.45) is 7.05 Å². The summed E-state index contributed by atoms with van der Waals surface area (Å²) < 4.78 is 7.64. The molecule has 7 rings (SSSR count). The number of piperidine rings is 1. The molecule has 2 saturated heterocycles. The fourth-order valence-electron chi connectivity index (χ4n) is 6.92. The number of nitriles is 1. The Bertz CT molecular complexity index is 1710. The van der Waals surface area contributed by atoms with Gasteiger partial charge in [-0.15, -0.1) is 0 Å². The summed E-state index contributed by atoms with van der Waals surface area (Å²) in [5, 5.41) is 20.7. The van der Waals surface area contributed by atoms with Gasteiger partial charge in [-0.25, -0.2) is 14.8 Å². The van der Waals surface area contributed by atoms with Gasteiger partial charge in [-0.05, 0) is 62.6 Å². The monoisotopic (exact) mass is 632 g/mol. The predicted octanol–water partition coefficient (Wildman–Crippen LogP) is 5.04. The summed E-state index contributed by atoms with van der Waals surface area (Å²) in [6, 6.07) is 16.1. The van der Waals surface area contributed by atoms with Crippen molar-refractivity contribution in [3.8, 4) is 17.2 Å². The normalized spacial score (nSPS) is 20.2. The number of rotatable bonds is 8. The Balaban J connectivity index is 1.03. The van der Waals surface area contributed by atoms with Crippen molar-refractivity contribution in [2.45, 2.75) is 69.2 Å². The lowest BCUT2D eigenvalue weighted by atomic mass is 9.84. The molecule has 2 N–H and O–H groups in total. The Labute approximate surface area is 274 Å². The Morgan fingerprint density at radius 1 is 1.02 bits per heavy atom. The second-order valence-corrected chi connectivity index (χ2v) is 12.8. The molecular weight excluding hydrogens is 592 g/mol. The zero-order valence-electron chi connectivity index (χ0n) is 26.7. The number of ether oxygens (including phenoxy) is 1. The highest BCUT2D eigenvalue weighted by atomic mass is 16.5. The summed E-state index contributed by atoms with van der Waals surface area (Å²) in [7, 11) is 1.88. The van der Waals surface area contributed by atoms with Crippen LogP contribution in [0.3, 0.4) is 0 Å². The zero-order chi connectivity index (χ0) is 32.2. The first-order chi connectivity index (χ1) is 23.0. The van der Waals surface area contributed by atoms with Crippen LogP contribution in [0.25, 0.3) is 11.1 Å². The highest BCUT2D eigenvalue weighted by molar-refractivity contribution is 5.91. The predicted molar refractivity (Wildman–Crippen MR) is 179 cm³/mol. The fraction of sp³-hybridized carbons (Fsp3) is 0.429. The van der Waals surface area contributed by atoms with E-state index >= 15 is 0 Å². The molecule has 4 aromatic rings. The third-order valence-electron chi connectivity index (χ3n) is 9.76. The molecule has 3 aromatic heterocycles. The Kier molecular flexibility index (Phi) is 8.72. The van der Waals surface area contributed by atoms with Gasteiger partial charge in [-0.2, -0.15) is 15.3 Å². The molecule has 2 amide bonds. The summed E-state index contributed by atoms with van der Waals surface area (Å²) in [5.41, 5.74) is 3.48. The summed E-state index contributed by atoms with van der Waals surface area (Å²) in [5.74, 6) is 1.85. The average Bonchev–Trinajstić information content (AvgIpc) is 3.54. The standard InChI is InChI=1S/C35H40N10O2/c1-43-24-28(23-40-43)26-7-12-31(37-21-26)45(34(46)39-20-25-5-3-2-4-6-25)30-10-8-29(9-11-30)41-33-38-22-27(19-36)32(42-33)44-16-13-35(14-17-44)15-18-47-35/h2-7,12,21-24,29-30H,8-11,13-18,20H2,1H3,(H,39,46)(H,38,41,42)/t29-,30-. The smallest absolute Gasteiger partial charge is 0.323 e. The number of aromatic nitrogens is 5. The van der Waals surface area contributed by atoms with Gasteiger partial charge in [0.1, 0.15) is 17.5 Å². The minimum atomic E-state index is -0.164. The Hall–Kier alpha value is -5.02. The van der Waals surface area contributed by atoms with E-state index in [0.717, 1.165) is 81.3 Å². The van der Waals surface area contributed by atoms with E-state index in [4.69, 9.17) is 14.7 Å². The van der Waals surface area contributed by atoms with Gasteiger partial charge in [0.2, 0.25) is 5.95 Å². The molecule has 0 radical (unpaired) electrons. The largest absolute Gasteiger partial charge is 0.375 e. The van der Waals surface area contributed by atoms with Gasteiger partial charge in [0.25, 0.3) is 0 Å². The number of aryl methyl sites for hydroxylation is 1. The van der Waals surface area contributed by atoms with E-state index < -0.39 is 0 Å². The van der Waals surface area contributed by atoms with Crippen molar-refractivity contribution in [3.05, 3.63) is 78.4 Å². The van der Waals surface area contributed by atoms with Crippen LogP contribution in [0, 0.1) is 11.3 Å². The summed E-state index contributed by atoms with van der Waals surface area (Å²) in [4.78, 5) is 31.8. The lowest BCUT2D eigenvalue weighted by Crippen LogP contribution is -2.52. The minimum Gasteiger partial charge on any atom is -0.375 e. The van der Waals surface area contributed by atoms with Crippen molar-refractivity contribution in [3.63, 3.8) is 0 Å². The van der Waals surface area contributed by atoms with Crippen LogP contribution < -0.4 is 20.4 Å². The quantitative estimate of drug-likeness (QED) is 0.274. The van der Waals surface area contributed by atoms with Gasteiger partial charge in [-0.1, -0.05) is 30.3 Å². The first-order valence-electron chi connectivity index (χ1n) is 16.5. The first kappa shape index (κ1) is 30.6. The lowest BCUT2D eigenvalue weighted by Gasteiger charge is -2.47. The van der Waals surface area contributed by atoms with Crippen molar-refractivity contribution >= 4 is 23.6 Å². The van der Waals surface area contributed by atoms with E-state index in [2.05, 4.69) is 31.7 Å². The molecule has 1 aliphatic carbocycles. The lowest BCUT2D eigenvalue weighted by molar-refractivity contribution is -0.158. The van der Waals surface area contributed by atoms with E-state index in [9.17, 15) is 10.1 Å². The van der Waals surface area contributed by atoms with E-state index in [-0.39, 0.29) is 23.7 Å². The van der Waals surface area contributed by atoms with Crippen LogP contribution in [0.4, 0.5) is 22.4 Å². The minimum absolute atomic E-state index is 0.0209. The molecule has 0 atom stereocenters. The Morgan fingerprint density at radius 2 is 1.81 bits per heavy atom. The van der Waals surface area contributed by atoms with Crippen molar-refractivity contribution in [1.82, 2.24) is 30.0 Å². The number of carbonyl (C=O) groups excluding carboxylic acids is 1. The maximum absolute atomic E-state index is 13.7. The van der Waals surface area contributed by atoms with E-state index in [1.807, 2.05) is 66.8 Å². The van der Waals surface area contributed by atoms with Gasteiger partial charge < -0.3 is 20.3 Å². The van der Waals surface area contributed by atoms with Crippen molar-refractivity contribution in [2.75, 3.05) is 34.8 Å². The fourth-order valence-corrected chi connectivity index (χ4v) is 6.92. The molecule has 5 heterocycles. The van der Waals surface area contributed by atoms with Crippen LogP contribution >= 0.6 is 0 Å². The topological polar surface area (TPSA) is 137 Å². The molecule has 3 fully saturated rings. The third-order valence-corrected chi connectivity index (χ3v) is 9.76.